The number of likely N-dealkylation sites (N-methyl/N-ethyl adjacent to an activating group) is 1. The van der Waals surface area contributed by atoms with E-state index in [1.54, 1.807) is 18.2 Å². The number of anilines is 1. The zero-order valence-corrected chi connectivity index (χ0v) is 16.1. The van der Waals surface area contributed by atoms with E-state index in [0.717, 1.165) is 23.4 Å². The monoisotopic (exact) mass is 387 g/mol. The van der Waals surface area contributed by atoms with Gasteiger partial charge in [0.25, 0.3) is 5.91 Å². The molecule has 1 aromatic carbocycles. The minimum absolute atomic E-state index is 0.123. The first kappa shape index (κ1) is 17.8. The second-order valence-corrected chi connectivity index (χ2v) is 7.54. The molecule has 1 aromatic heterocycles. The molecule has 0 saturated carbocycles. The van der Waals surface area contributed by atoms with Crippen LogP contribution in [0.2, 0.25) is 0 Å². The Morgan fingerprint density at radius 1 is 1.26 bits per heavy atom. The smallest absolute Gasteiger partial charge is 0.257 e. The number of nitrogens with zero attached hydrogens (tertiary/aromatic N) is 2. The van der Waals surface area contributed by atoms with Crippen molar-refractivity contribution in [3.05, 3.63) is 34.3 Å². The van der Waals surface area contributed by atoms with Gasteiger partial charge in [-0.2, -0.15) is 0 Å². The molecule has 2 amide bonds. The zero-order chi connectivity index (χ0) is 19.0. The summed E-state index contributed by atoms with van der Waals surface area (Å²) in [4.78, 5) is 32.7. The fourth-order valence-electron chi connectivity index (χ4n) is 3.48. The van der Waals surface area contributed by atoms with E-state index in [4.69, 9.17) is 9.47 Å². The number of aryl methyl sites for hydroxylation is 1. The molecule has 4 rings (SSSR count). The van der Waals surface area contributed by atoms with Crippen LogP contribution in [-0.2, 0) is 11.2 Å². The molecule has 1 N–H and O–H groups in total. The number of thiazole rings is 1. The Bertz CT molecular complexity index is 891. The van der Waals surface area contributed by atoms with Crippen molar-refractivity contribution < 1.29 is 19.1 Å². The van der Waals surface area contributed by atoms with Gasteiger partial charge in [-0.15, -0.1) is 11.3 Å². The van der Waals surface area contributed by atoms with E-state index in [2.05, 4.69) is 10.3 Å². The molecule has 0 fully saturated rings. The number of rotatable bonds is 5. The van der Waals surface area contributed by atoms with Crippen molar-refractivity contribution in [1.29, 1.82) is 0 Å². The number of fused-ring (bicyclic) bond motifs is 2. The Hall–Kier alpha value is -2.61. The van der Waals surface area contributed by atoms with Crippen LogP contribution in [0.1, 0.15) is 47.1 Å². The molecular weight excluding hydrogens is 366 g/mol. The van der Waals surface area contributed by atoms with Crippen LogP contribution in [0.25, 0.3) is 0 Å². The standard InChI is InChI=1S/C19H21N3O4S/c1-3-22(4-2)18(24)12-6-8-15-16(12)20-19(27-15)21-17(23)11-5-7-13-14(9-11)26-10-25-13/h5,7,9,12H,3-4,6,8,10H2,1-2H3,(H,20,21,23). The van der Waals surface area contributed by atoms with Crippen LogP contribution < -0.4 is 14.8 Å². The summed E-state index contributed by atoms with van der Waals surface area (Å²) in [5, 5.41) is 3.37. The molecule has 142 valence electrons. The van der Waals surface area contributed by atoms with E-state index in [0.29, 0.717) is 35.3 Å². The van der Waals surface area contributed by atoms with E-state index in [9.17, 15) is 9.59 Å². The summed E-state index contributed by atoms with van der Waals surface area (Å²) >= 11 is 1.45. The molecular formula is C19H21N3O4S. The van der Waals surface area contributed by atoms with Crippen molar-refractivity contribution in [2.24, 2.45) is 0 Å². The highest BCUT2D eigenvalue weighted by Gasteiger charge is 2.34. The van der Waals surface area contributed by atoms with Crippen LogP contribution in [0.4, 0.5) is 5.13 Å². The Labute approximate surface area is 161 Å². The number of carbonyl (C=O) groups excluding carboxylic acids is 2. The van der Waals surface area contributed by atoms with Gasteiger partial charge in [0.15, 0.2) is 16.6 Å². The van der Waals surface area contributed by atoms with E-state index in [1.165, 1.54) is 11.3 Å². The molecule has 0 spiro atoms. The third-order valence-electron chi connectivity index (χ3n) is 4.95. The van der Waals surface area contributed by atoms with Crippen molar-refractivity contribution in [2.45, 2.75) is 32.6 Å². The number of hydrogen-bond donors (Lipinski definition) is 1. The van der Waals surface area contributed by atoms with E-state index < -0.39 is 0 Å². The van der Waals surface area contributed by atoms with Crippen molar-refractivity contribution in [1.82, 2.24) is 9.88 Å². The van der Waals surface area contributed by atoms with Crippen LogP contribution in [0, 0.1) is 0 Å². The first-order valence-electron chi connectivity index (χ1n) is 9.10. The predicted octanol–water partition coefficient (Wildman–Crippen LogP) is 3.02. The molecule has 1 atom stereocenters. The average molecular weight is 387 g/mol. The van der Waals surface area contributed by atoms with Gasteiger partial charge in [0.2, 0.25) is 12.7 Å². The second-order valence-electron chi connectivity index (χ2n) is 6.45. The molecule has 7 nitrogen and oxygen atoms in total. The van der Waals surface area contributed by atoms with E-state index in [-0.39, 0.29) is 24.5 Å². The van der Waals surface area contributed by atoms with E-state index in [1.807, 2.05) is 18.7 Å². The average Bonchev–Trinajstić information content (AvgIpc) is 3.36. The molecule has 0 bridgehead atoms. The summed E-state index contributed by atoms with van der Waals surface area (Å²) in [6.45, 7) is 5.52. The molecule has 2 heterocycles. The van der Waals surface area contributed by atoms with Crippen molar-refractivity contribution >= 4 is 28.3 Å². The van der Waals surface area contributed by atoms with Crippen LogP contribution in [0.15, 0.2) is 18.2 Å². The molecule has 2 aromatic rings. The lowest BCUT2D eigenvalue weighted by molar-refractivity contribution is -0.132. The third-order valence-corrected chi connectivity index (χ3v) is 5.99. The van der Waals surface area contributed by atoms with E-state index >= 15 is 0 Å². The van der Waals surface area contributed by atoms with Gasteiger partial charge in [0.05, 0.1) is 11.6 Å². The fraction of sp³-hybridized carbons (Fsp3) is 0.421. The number of aromatic nitrogens is 1. The number of hydrogen-bond acceptors (Lipinski definition) is 6. The SMILES string of the molecule is CCN(CC)C(=O)C1CCc2sc(NC(=O)c3ccc4c(c3)OCO4)nc21. The largest absolute Gasteiger partial charge is 0.454 e. The van der Waals surface area contributed by atoms with Gasteiger partial charge in [-0.3, -0.25) is 14.9 Å². The van der Waals surface area contributed by atoms with Gasteiger partial charge in [-0.05, 0) is 44.9 Å². The highest BCUT2D eigenvalue weighted by molar-refractivity contribution is 7.16. The van der Waals surface area contributed by atoms with Crippen LogP contribution in [0.5, 0.6) is 11.5 Å². The first-order chi connectivity index (χ1) is 13.1. The lowest BCUT2D eigenvalue weighted by Crippen LogP contribution is -2.34. The molecule has 2 aliphatic rings. The fourth-order valence-corrected chi connectivity index (χ4v) is 4.52. The summed E-state index contributed by atoms with van der Waals surface area (Å²) in [6.07, 6.45) is 1.62. The molecule has 1 unspecified atom stereocenters. The van der Waals surface area contributed by atoms with Crippen LogP contribution in [0.3, 0.4) is 0 Å². The van der Waals surface area contributed by atoms with Crippen molar-refractivity contribution in [3.8, 4) is 11.5 Å². The topological polar surface area (TPSA) is 80.8 Å². The normalized spacial score (nSPS) is 16.9. The summed E-state index contributed by atoms with van der Waals surface area (Å²) in [7, 11) is 0. The highest BCUT2D eigenvalue weighted by Crippen LogP contribution is 2.39. The van der Waals surface area contributed by atoms with Gasteiger partial charge in [0.1, 0.15) is 0 Å². The number of benzene rings is 1. The maximum Gasteiger partial charge on any atom is 0.257 e. The number of amides is 2. The summed E-state index contributed by atoms with van der Waals surface area (Å²) in [6, 6.07) is 5.07. The predicted molar refractivity (Wildman–Crippen MR) is 102 cm³/mol. The number of nitrogens with one attached hydrogen (secondary N) is 1. The summed E-state index contributed by atoms with van der Waals surface area (Å²) in [5.41, 5.74) is 1.29. The van der Waals surface area contributed by atoms with Crippen molar-refractivity contribution in [2.75, 3.05) is 25.2 Å². The van der Waals surface area contributed by atoms with Gasteiger partial charge in [-0.1, -0.05) is 0 Å². The second kappa shape index (κ2) is 7.19. The lowest BCUT2D eigenvalue weighted by atomic mass is 10.1. The quantitative estimate of drug-likeness (QED) is 0.853. The molecule has 8 heteroatoms. The van der Waals surface area contributed by atoms with Crippen LogP contribution >= 0.6 is 11.3 Å². The van der Waals surface area contributed by atoms with Crippen LogP contribution in [-0.4, -0.2) is 41.6 Å². The molecule has 0 saturated heterocycles. The van der Waals surface area contributed by atoms with Crippen molar-refractivity contribution in [3.63, 3.8) is 0 Å². The first-order valence-corrected chi connectivity index (χ1v) is 9.91. The molecule has 27 heavy (non-hydrogen) atoms. The maximum atomic E-state index is 12.7. The highest BCUT2D eigenvalue weighted by atomic mass is 32.1. The summed E-state index contributed by atoms with van der Waals surface area (Å²) < 4.78 is 10.6. The number of ether oxygens (including phenoxy) is 2. The van der Waals surface area contributed by atoms with Gasteiger partial charge < -0.3 is 14.4 Å². The Balaban J connectivity index is 1.49. The Kier molecular flexibility index (Phi) is 4.73. The maximum absolute atomic E-state index is 12.7. The Morgan fingerprint density at radius 2 is 2.04 bits per heavy atom. The third kappa shape index (κ3) is 3.25. The van der Waals surface area contributed by atoms with Gasteiger partial charge in [0, 0.05) is 23.5 Å². The lowest BCUT2D eigenvalue weighted by Gasteiger charge is -2.22. The Morgan fingerprint density at radius 3 is 2.81 bits per heavy atom. The zero-order valence-electron chi connectivity index (χ0n) is 15.3. The summed E-state index contributed by atoms with van der Waals surface area (Å²) in [5.74, 6) is 0.865. The van der Waals surface area contributed by atoms with Gasteiger partial charge in [-0.25, -0.2) is 4.98 Å². The molecule has 1 aliphatic carbocycles. The minimum Gasteiger partial charge on any atom is -0.454 e. The van der Waals surface area contributed by atoms with Gasteiger partial charge >= 0.3 is 0 Å². The molecule has 0 radical (unpaired) electrons. The number of carbonyl (C=O) groups is 2. The molecule has 1 aliphatic heterocycles. The minimum atomic E-state index is -0.257.